The fourth-order valence-electron chi connectivity index (χ4n) is 5.86. The molecule has 0 N–H and O–H groups in total. The van der Waals surface area contributed by atoms with Gasteiger partial charge >= 0.3 is 0 Å². The first-order chi connectivity index (χ1) is 15.7. The Morgan fingerprint density at radius 3 is 2.53 bits per heavy atom. The van der Waals surface area contributed by atoms with Crippen molar-refractivity contribution in [3.05, 3.63) is 30.1 Å². The predicted molar refractivity (Wildman–Crippen MR) is 129 cm³/mol. The van der Waals surface area contributed by atoms with E-state index in [-0.39, 0.29) is 5.91 Å². The van der Waals surface area contributed by atoms with Crippen molar-refractivity contribution in [3.63, 3.8) is 0 Å². The molecule has 0 aromatic carbocycles. The van der Waals surface area contributed by atoms with E-state index in [0.29, 0.717) is 19.0 Å². The van der Waals surface area contributed by atoms with Crippen LogP contribution in [0.4, 0.5) is 0 Å². The number of hydrogen-bond donors (Lipinski definition) is 0. The SMILES string of the molecule is CCN1CCN(CC(=O)N(Cc2cccnc2)C[C@H]2CCCN(C3CCCCC3)C2)CC1. The number of hydrogen-bond acceptors (Lipinski definition) is 5. The van der Waals surface area contributed by atoms with E-state index >= 15 is 0 Å². The van der Waals surface area contributed by atoms with Gasteiger partial charge in [0, 0.05) is 64.2 Å². The van der Waals surface area contributed by atoms with E-state index in [1.165, 1.54) is 51.5 Å². The fourth-order valence-corrected chi connectivity index (χ4v) is 5.86. The molecule has 4 rings (SSSR count). The number of likely N-dealkylation sites (tertiary alicyclic amines) is 1. The lowest BCUT2D eigenvalue weighted by Crippen LogP contribution is -2.51. The lowest BCUT2D eigenvalue weighted by Gasteiger charge is -2.41. The number of pyridine rings is 1. The van der Waals surface area contributed by atoms with Gasteiger partial charge in [-0.3, -0.25) is 14.7 Å². The molecular formula is C26H43N5O. The van der Waals surface area contributed by atoms with E-state index in [1.807, 2.05) is 18.5 Å². The highest BCUT2D eigenvalue weighted by atomic mass is 16.2. The van der Waals surface area contributed by atoms with Gasteiger partial charge < -0.3 is 14.7 Å². The van der Waals surface area contributed by atoms with Crippen molar-refractivity contribution in [2.24, 2.45) is 5.92 Å². The number of rotatable bonds is 8. The monoisotopic (exact) mass is 441 g/mol. The van der Waals surface area contributed by atoms with Crippen molar-refractivity contribution in [2.45, 2.75) is 64.5 Å². The second-order valence-corrected chi connectivity index (χ2v) is 10.1. The van der Waals surface area contributed by atoms with E-state index < -0.39 is 0 Å². The Balaban J connectivity index is 1.36. The molecule has 6 nitrogen and oxygen atoms in total. The Bertz CT molecular complexity index is 685. The molecule has 178 valence electrons. The summed E-state index contributed by atoms with van der Waals surface area (Å²) in [6.07, 6.45) is 13.2. The van der Waals surface area contributed by atoms with E-state index in [4.69, 9.17) is 0 Å². The largest absolute Gasteiger partial charge is 0.337 e. The van der Waals surface area contributed by atoms with Gasteiger partial charge in [-0.15, -0.1) is 0 Å². The van der Waals surface area contributed by atoms with Crippen molar-refractivity contribution >= 4 is 5.91 Å². The van der Waals surface area contributed by atoms with Gasteiger partial charge in [-0.25, -0.2) is 0 Å². The Kier molecular flexibility index (Phi) is 8.94. The molecule has 1 atom stereocenters. The summed E-state index contributed by atoms with van der Waals surface area (Å²) in [4.78, 5) is 27.5. The summed E-state index contributed by atoms with van der Waals surface area (Å²) in [6.45, 7) is 12.0. The summed E-state index contributed by atoms with van der Waals surface area (Å²) in [5.74, 6) is 0.872. The van der Waals surface area contributed by atoms with Crippen molar-refractivity contribution in [2.75, 3.05) is 58.9 Å². The highest BCUT2D eigenvalue weighted by Gasteiger charge is 2.29. The summed E-state index contributed by atoms with van der Waals surface area (Å²) in [5, 5.41) is 0. The number of piperidine rings is 1. The lowest BCUT2D eigenvalue weighted by atomic mass is 9.90. The van der Waals surface area contributed by atoms with Crippen LogP contribution in [0.15, 0.2) is 24.5 Å². The normalized spacial score (nSPS) is 24.5. The van der Waals surface area contributed by atoms with Crippen LogP contribution in [0.5, 0.6) is 0 Å². The second kappa shape index (κ2) is 12.1. The number of aromatic nitrogens is 1. The van der Waals surface area contributed by atoms with Crippen LogP contribution in [0, 0.1) is 5.92 Å². The maximum atomic E-state index is 13.5. The molecule has 1 saturated carbocycles. The summed E-state index contributed by atoms with van der Waals surface area (Å²) in [5.41, 5.74) is 1.14. The summed E-state index contributed by atoms with van der Waals surface area (Å²) < 4.78 is 0. The lowest BCUT2D eigenvalue weighted by molar-refractivity contribution is -0.134. The smallest absolute Gasteiger partial charge is 0.237 e. The predicted octanol–water partition coefficient (Wildman–Crippen LogP) is 3.09. The number of likely N-dealkylation sites (N-methyl/N-ethyl adjacent to an activating group) is 1. The van der Waals surface area contributed by atoms with Crippen molar-refractivity contribution in [3.8, 4) is 0 Å². The molecule has 6 heteroatoms. The van der Waals surface area contributed by atoms with E-state index in [9.17, 15) is 4.79 Å². The first kappa shape index (κ1) is 23.7. The van der Waals surface area contributed by atoms with Gasteiger partial charge in [-0.05, 0) is 56.3 Å². The maximum absolute atomic E-state index is 13.5. The highest BCUT2D eigenvalue weighted by molar-refractivity contribution is 5.78. The molecule has 3 aliphatic rings. The summed E-state index contributed by atoms with van der Waals surface area (Å²) in [7, 11) is 0. The second-order valence-electron chi connectivity index (χ2n) is 10.1. The van der Waals surface area contributed by atoms with Gasteiger partial charge in [-0.1, -0.05) is 32.3 Å². The van der Waals surface area contributed by atoms with Crippen LogP contribution in [0.3, 0.4) is 0 Å². The third-order valence-electron chi connectivity index (χ3n) is 7.84. The van der Waals surface area contributed by atoms with Crippen LogP contribution >= 0.6 is 0 Å². The van der Waals surface area contributed by atoms with Crippen LogP contribution in [0.1, 0.15) is 57.4 Å². The quantitative estimate of drug-likeness (QED) is 0.620. The zero-order chi connectivity index (χ0) is 22.2. The van der Waals surface area contributed by atoms with Crippen LogP contribution in [-0.4, -0.2) is 95.4 Å². The van der Waals surface area contributed by atoms with Gasteiger partial charge in [0.05, 0.1) is 6.54 Å². The fraction of sp³-hybridized carbons (Fsp3) is 0.769. The van der Waals surface area contributed by atoms with Crippen molar-refractivity contribution in [1.29, 1.82) is 0 Å². The zero-order valence-electron chi connectivity index (χ0n) is 20.1. The Morgan fingerprint density at radius 1 is 1.03 bits per heavy atom. The topological polar surface area (TPSA) is 42.9 Å². The summed E-state index contributed by atoms with van der Waals surface area (Å²) >= 11 is 0. The first-order valence-electron chi connectivity index (χ1n) is 13.1. The Labute approximate surface area is 194 Å². The zero-order valence-corrected chi connectivity index (χ0v) is 20.1. The molecule has 2 aliphatic heterocycles. The number of carbonyl (C=O) groups is 1. The van der Waals surface area contributed by atoms with Crippen LogP contribution < -0.4 is 0 Å². The molecule has 0 spiro atoms. The minimum Gasteiger partial charge on any atom is -0.337 e. The molecule has 0 radical (unpaired) electrons. The minimum atomic E-state index is 0.286. The Morgan fingerprint density at radius 2 is 1.81 bits per heavy atom. The molecular weight excluding hydrogens is 398 g/mol. The van der Waals surface area contributed by atoms with Crippen LogP contribution in [0.2, 0.25) is 0 Å². The molecule has 3 fully saturated rings. The molecule has 0 bridgehead atoms. The average Bonchev–Trinajstić information content (AvgIpc) is 2.85. The van der Waals surface area contributed by atoms with Gasteiger partial charge in [0.1, 0.15) is 0 Å². The van der Waals surface area contributed by atoms with Gasteiger partial charge in [-0.2, -0.15) is 0 Å². The molecule has 1 amide bonds. The van der Waals surface area contributed by atoms with E-state index in [0.717, 1.165) is 57.4 Å². The van der Waals surface area contributed by atoms with Gasteiger partial charge in [0.2, 0.25) is 5.91 Å². The van der Waals surface area contributed by atoms with E-state index in [2.05, 4.69) is 37.6 Å². The average molecular weight is 442 g/mol. The molecule has 0 unspecified atom stereocenters. The van der Waals surface area contributed by atoms with E-state index in [1.54, 1.807) is 0 Å². The van der Waals surface area contributed by atoms with Crippen LogP contribution in [-0.2, 0) is 11.3 Å². The molecule has 1 aromatic rings. The third kappa shape index (κ3) is 6.75. The molecule has 2 saturated heterocycles. The minimum absolute atomic E-state index is 0.286. The number of piperazine rings is 1. The third-order valence-corrected chi connectivity index (χ3v) is 7.84. The van der Waals surface area contributed by atoms with Crippen molar-refractivity contribution < 1.29 is 4.79 Å². The Hall–Kier alpha value is -1.50. The molecule has 1 aliphatic carbocycles. The molecule has 32 heavy (non-hydrogen) atoms. The first-order valence-corrected chi connectivity index (χ1v) is 13.1. The molecule has 1 aromatic heterocycles. The van der Waals surface area contributed by atoms with Gasteiger partial charge in [0.15, 0.2) is 0 Å². The number of nitrogens with zero attached hydrogens (tertiary/aromatic N) is 5. The molecule has 3 heterocycles. The number of amides is 1. The van der Waals surface area contributed by atoms with Crippen LogP contribution in [0.25, 0.3) is 0 Å². The maximum Gasteiger partial charge on any atom is 0.237 e. The van der Waals surface area contributed by atoms with Crippen molar-refractivity contribution in [1.82, 2.24) is 24.6 Å². The summed E-state index contributed by atoms with van der Waals surface area (Å²) in [6, 6.07) is 4.86. The van der Waals surface area contributed by atoms with Gasteiger partial charge in [0.25, 0.3) is 0 Å². The number of carbonyl (C=O) groups excluding carboxylic acids is 1. The standard InChI is InChI=1S/C26H43N5O/c1-2-28-14-16-29(17-15-28)22-26(32)31(19-23-8-6-12-27-18-23)21-24-9-7-13-30(20-24)25-10-4-3-5-11-25/h6,8,12,18,24-25H,2-5,7,9-11,13-17,19-22H2,1H3/t24-/m0/s1. The highest BCUT2D eigenvalue weighted by Crippen LogP contribution is 2.27.